The molecule has 2 saturated heterocycles. The number of likely N-dealkylation sites (tertiary alicyclic amines) is 2. The summed E-state index contributed by atoms with van der Waals surface area (Å²) in [7, 11) is 0. The summed E-state index contributed by atoms with van der Waals surface area (Å²) in [5.74, 6) is -2.55. The predicted molar refractivity (Wildman–Crippen MR) is 123 cm³/mol. The number of urea groups is 1. The number of alkyl carbamates (subject to hydrolysis) is 1. The van der Waals surface area contributed by atoms with Gasteiger partial charge in [-0.15, -0.1) is 13.2 Å². The lowest BCUT2D eigenvalue weighted by Gasteiger charge is -2.41. The first kappa shape index (κ1) is 27.4. The van der Waals surface area contributed by atoms with Gasteiger partial charge in [0.15, 0.2) is 0 Å². The van der Waals surface area contributed by atoms with E-state index in [0.29, 0.717) is 31.5 Å². The second-order valence-corrected chi connectivity index (χ2v) is 10.2. The third kappa shape index (κ3) is 7.92. The average molecular weight is 516 g/mol. The third-order valence-electron chi connectivity index (χ3n) is 6.14. The Labute approximate surface area is 207 Å². The third-order valence-corrected chi connectivity index (χ3v) is 6.14. The Balaban J connectivity index is 1.61. The van der Waals surface area contributed by atoms with Crippen molar-refractivity contribution in [2.45, 2.75) is 64.0 Å². The number of nitrogens with one attached hydrogen (secondary N) is 1. The first-order valence-electron chi connectivity index (χ1n) is 11.8. The van der Waals surface area contributed by atoms with E-state index in [1.54, 1.807) is 25.7 Å². The number of carboxylic acid groups (broad SMARTS) is 1. The van der Waals surface area contributed by atoms with Crippen molar-refractivity contribution in [3.05, 3.63) is 29.8 Å². The number of rotatable bonds is 4. The fraction of sp³-hybridized carbons (Fsp3) is 0.625. The van der Waals surface area contributed by atoms with E-state index >= 15 is 0 Å². The van der Waals surface area contributed by atoms with Gasteiger partial charge in [-0.3, -0.25) is 4.79 Å². The summed E-state index contributed by atoms with van der Waals surface area (Å²) in [6.07, 6.45) is -3.99. The number of nitrogens with zero attached hydrogens (tertiary/aromatic N) is 2. The lowest BCUT2D eigenvalue weighted by molar-refractivity contribution is -0.274. The maximum Gasteiger partial charge on any atom is 0.573 e. The summed E-state index contributed by atoms with van der Waals surface area (Å²) in [4.78, 5) is 40.1. The van der Waals surface area contributed by atoms with Crippen molar-refractivity contribution in [1.29, 1.82) is 0 Å². The van der Waals surface area contributed by atoms with Crippen LogP contribution >= 0.6 is 0 Å². The van der Waals surface area contributed by atoms with Gasteiger partial charge < -0.3 is 29.7 Å². The molecule has 0 radical (unpaired) electrons. The second kappa shape index (κ2) is 10.8. The van der Waals surface area contributed by atoms with Crippen LogP contribution in [0.3, 0.4) is 0 Å². The molecule has 0 spiro atoms. The molecule has 1 aromatic rings. The molecule has 2 atom stereocenters. The van der Waals surface area contributed by atoms with E-state index in [2.05, 4.69) is 10.1 Å². The van der Waals surface area contributed by atoms with Crippen molar-refractivity contribution in [3.8, 4) is 5.75 Å². The van der Waals surface area contributed by atoms with Crippen LogP contribution in [0.2, 0.25) is 0 Å². The molecule has 2 unspecified atom stereocenters. The Kier molecular flexibility index (Phi) is 8.25. The molecule has 0 saturated carbocycles. The highest BCUT2D eigenvalue weighted by Crippen LogP contribution is 2.33. The number of benzene rings is 1. The van der Waals surface area contributed by atoms with Crippen LogP contribution in [0.25, 0.3) is 0 Å². The minimum atomic E-state index is -4.81. The van der Waals surface area contributed by atoms with Crippen LogP contribution in [0.1, 0.15) is 51.5 Å². The quantitative estimate of drug-likeness (QED) is 0.623. The van der Waals surface area contributed by atoms with Crippen LogP contribution in [-0.4, -0.2) is 77.2 Å². The number of carboxylic acids is 1. The van der Waals surface area contributed by atoms with Gasteiger partial charge in [0.2, 0.25) is 0 Å². The molecule has 2 N–H and O–H groups in total. The van der Waals surface area contributed by atoms with E-state index in [9.17, 15) is 32.7 Å². The van der Waals surface area contributed by atoms with Crippen LogP contribution in [0, 0.1) is 5.92 Å². The van der Waals surface area contributed by atoms with Gasteiger partial charge in [-0.1, -0.05) is 12.1 Å². The summed E-state index contributed by atoms with van der Waals surface area (Å²) < 4.78 is 46.5. The van der Waals surface area contributed by atoms with Crippen LogP contribution < -0.4 is 10.1 Å². The monoisotopic (exact) mass is 515 g/mol. The standard InChI is InChI=1S/C24H32F3N3O6/c1-23(2,3)36-21(33)28-18-8-10-29(11-9-18)22(34)30-13-16(12-17(14-30)20(31)32)15-4-6-19(7-5-15)35-24(25,26)27/h4-7,16-18H,8-14H2,1-3H3,(H,28,33)(H,31,32). The molecule has 0 aliphatic carbocycles. The van der Waals surface area contributed by atoms with Crippen molar-refractivity contribution in [2.24, 2.45) is 5.92 Å². The zero-order valence-electron chi connectivity index (χ0n) is 20.5. The molecule has 9 nitrogen and oxygen atoms in total. The molecule has 2 aliphatic rings. The molecule has 2 aliphatic heterocycles. The van der Waals surface area contributed by atoms with E-state index in [-0.39, 0.29) is 43.3 Å². The Hall–Kier alpha value is -3.18. The normalized spacial score (nSPS) is 21.6. The van der Waals surface area contributed by atoms with Gasteiger partial charge in [0.05, 0.1) is 5.92 Å². The van der Waals surface area contributed by atoms with E-state index in [1.165, 1.54) is 29.2 Å². The summed E-state index contributed by atoms with van der Waals surface area (Å²) in [6, 6.07) is 4.86. The number of aliphatic carboxylic acids is 1. The molecule has 2 fully saturated rings. The number of halogens is 3. The Morgan fingerprint density at radius 1 is 1.00 bits per heavy atom. The molecule has 1 aromatic carbocycles. The van der Waals surface area contributed by atoms with E-state index in [4.69, 9.17) is 4.74 Å². The lowest BCUT2D eigenvalue weighted by Crippen LogP contribution is -2.54. The number of alkyl halides is 3. The van der Waals surface area contributed by atoms with E-state index in [1.807, 2.05) is 0 Å². The predicted octanol–water partition coefficient (Wildman–Crippen LogP) is 4.18. The van der Waals surface area contributed by atoms with Crippen LogP contribution in [-0.2, 0) is 9.53 Å². The van der Waals surface area contributed by atoms with Gasteiger partial charge in [0.1, 0.15) is 11.4 Å². The minimum Gasteiger partial charge on any atom is -0.481 e. The van der Waals surface area contributed by atoms with Crippen molar-refractivity contribution in [1.82, 2.24) is 15.1 Å². The highest BCUT2D eigenvalue weighted by atomic mass is 19.4. The molecule has 0 bridgehead atoms. The van der Waals surface area contributed by atoms with Crippen LogP contribution in [0.15, 0.2) is 24.3 Å². The number of carbonyl (C=O) groups is 3. The first-order valence-corrected chi connectivity index (χ1v) is 11.8. The molecule has 200 valence electrons. The van der Waals surface area contributed by atoms with Gasteiger partial charge in [0.25, 0.3) is 0 Å². The first-order chi connectivity index (χ1) is 16.7. The zero-order chi connectivity index (χ0) is 26.7. The van der Waals surface area contributed by atoms with Crippen LogP contribution in [0.5, 0.6) is 5.75 Å². The van der Waals surface area contributed by atoms with E-state index < -0.39 is 29.9 Å². The molecule has 36 heavy (non-hydrogen) atoms. The molecule has 0 aromatic heterocycles. The van der Waals surface area contributed by atoms with Gasteiger partial charge in [-0.2, -0.15) is 0 Å². The second-order valence-electron chi connectivity index (χ2n) is 10.2. The largest absolute Gasteiger partial charge is 0.573 e. The molecular weight excluding hydrogens is 483 g/mol. The molecular formula is C24H32F3N3O6. The smallest absolute Gasteiger partial charge is 0.481 e. The van der Waals surface area contributed by atoms with Gasteiger partial charge >= 0.3 is 24.5 Å². The molecule has 3 rings (SSSR count). The van der Waals surface area contributed by atoms with Crippen molar-refractivity contribution in [3.63, 3.8) is 0 Å². The lowest BCUT2D eigenvalue weighted by atomic mass is 9.84. The molecule has 12 heteroatoms. The highest BCUT2D eigenvalue weighted by molar-refractivity contribution is 5.77. The van der Waals surface area contributed by atoms with Crippen molar-refractivity contribution < 1.29 is 42.1 Å². The number of ether oxygens (including phenoxy) is 2. The van der Waals surface area contributed by atoms with Gasteiger partial charge in [0, 0.05) is 38.1 Å². The van der Waals surface area contributed by atoms with Gasteiger partial charge in [-0.05, 0) is 57.7 Å². The summed E-state index contributed by atoms with van der Waals surface area (Å²) in [5.41, 5.74) is 0.0197. The fourth-order valence-corrected chi connectivity index (χ4v) is 4.51. The average Bonchev–Trinajstić information content (AvgIpc) is 2.77. The van der Waals surface area contributed by atoms with Crippen molar-refractivity contribution >= 4 is 18.1 Å². The Bertz CT molecular complexity index is 940. The van der Waals surface area contributed by atoms with Gasteiger partial charge in [-0.25, -0.2) is 9.59 Å². The Morgan fingerprint density at radius 3 is 2.14 bits per heavy atom. The number of amides is 3. The van der Waals surface area contributed by atoms with E-state index in [0.717, 1.165) is 0 Å². The van der Waals surface area contributed by atoms with Crippen LogP contribution in [0.4, 0.5) is 22.8 Å². The Morgan fingerprint density at radius 2 is 1.61 bits per heavy atom. The number of piperidine rings is 2. The fourth-order valence-electron chi connectivity index (χ4n) is 4.51. The minimum absolute atomic E-state index is 0.0516. The summed E-state index contributed by atoms with van der Waals surface area (Å²) >= 11 is 0. The highest BCUT2D eigenvalue weighted by Gasteiger charge is 2.37. The van der Waals surface area contributed by atoms with Crippen molar-refractivity contribution in [2.75, 3.05) is 26.2 Å². The SMILES string of the molecule is CC(C)(C)OC(=O)NC1CCN(C(=O)N2CC(C(=O)O)CC(c3ccc(OC(F)(F)F)cc3)C2)CC1. The zero-order valence-corrected chi connectivity index (χ0v) is 20.5. The number of hydrogen-bond acceptors (Lipinski definition) is 5. The summed E-state index contributed by atoms with van der Waals surface area (Å²) in [6.45, 7) is 6.40. The topological polar surface area (TPSA) is 108 Å². The summed E-state index contributed by atoms with van der Waals surface area (Å²) in [5, 5.41) is 12.4. The maximum atomic E-state index is 13.2. The number of hydrogen-bond donors (Lipinski definition) is 2. The molecule has 3 amide bonds. The number of carbonyl (C=O) groups excluding carboxylic acids is 2. The molecule has 2 heterocycles. The maximum absolute atomic E-state index is 13.2.